The van der Waals surface area contributed by atoms with E-state index in [1.165, 1.54) is 4.68 Å². The molecule has 0 atom stereocenters. The fourth-order valence-electron chi connectivity index (χ4n) is 1.60. The Balaban J connectivity index is 2.66. The second-order valence-electron chi connectivity index (χ2n) is 3.76. The van der Waals surface area contributed by atoms with E-state index in [9.17, 15) is 10.1 Å². The van der Waals surface area contributed by atoms with Crippen molar-refractivity contribution in [3.05, 3.63) is 28.0 Å². The molecule has 0 spiro atoms. The van der Waals surface area contributed by atoms with Gasteiger partial charge in [0.15, 0.2) is 5.82 Å². The molecule has 0 aliphatic rings. The minimum absolute atomic E-state index is 0.0431. The Morgan fingerprint density at radius 1 is 1.37 bits per heavy atom. The van der Waals surface area contributed by atoms with Gasteiger partial charge in [0.1, 0.15) is 12.0 Å². The first-order valence-electron chi connectivity index (χ1n) is 5.78. The Labute approximate surface area is 108 Å². The van der Waals surface area contributed by atoms with E-state index in [1.807, 2.05) is 13.8 Å². The molecule has 0 radical (unpaired) electrons. The molecule has 0 aromatic carbocycles. The molecule has 0 bridgehead atoms. The average molecular weight is 263 g/mol. The number of hydrogen-bond acceptors (Lipinski definition) is 7. The summed E-state index contributed by atoms with van der Waals surface area (Å²) in [5.41, 5.74) is 5.24. The van der Waals surface area contributed by atoms with Crippen molar-refractivity contribution in [2.45, 2.75) is 26.7 Å². The summed E-state index contributed by atoms with van der Waals surface area (Å²) in [6.45, 7) is 3.79. The van der Waals surface area contributed by atoms with Crippen LogP contribution in [-0.2, 0) is 12.8 Å². The van der Waals surface area contributed by atoms with Crippen molar-refractivity contribution in [3.8, 4) is 5.82 Å². The van der Waals surface area contributed by atoms with Gasteiger partial charge in [0, 0.05) is 12.8 Å². The van der Waals surface area contributed by atoms with Crippen LogP contribution in [0.3, 0.4) is 0 Å². The molecule has 0 saturated heterocycles. The smallest absolute Gasteiger partial charge is 0.332 e. The molecular weight excluding hydrogens is 250 g/mol. The van der Waals surface area contributed by atoms with Crippen LogP contribution in [0.2, 0.25) is 0 Å². The summed E-state index contributed by atoms with van der Waals surface area (Å²) in [6, 6.07) is 0. The molecule has 2 aromatic rings. The predicted molar refractivity (Wildman–Crippen MR) is 66.8 cm³/mol. The summed E-state index contributed by atoms with van der Waals surface area (Å²) in [5.74, 6) is 1.19. The van der Waals surface area contributed by atoms with Crippen molar-refractivity contribution >= 4 is 11.6 Å². The van der Waals surface area contributed by atoms with Crippen molar-refractivity contribution in [1.82, 2.24) is 24.7 Å². The zero-order chi connectivity index (χ0) is 14.0. The second kappa shape index (κ2) is 4.96. The topological polar surface area (TPSA) is 126 Å². The number of hydrogen-bond donors (Lipinski definition) is 1. The van der Waals surface area contributed by atoms with Gasteiger partial charge in [-0.1, -0.05) is 13.8 Å². The van der Waals surface area contributed by atoms with Crippen LogP contribution in [0.25, 0.3) is 5.82 Å². The summed E-state index contributed by atoms with van der Waals surface area (Å²) in [6.07, 6.45) is 2.28. The van der Waals surface area contributed by atoms with E-state index in [1.54, 1.807) is 0 Å². The number of nitro groups is 1. The fraction of sp³-hybridized carbons (Fsp3) is 0.400. The maximum absolute atomic E-state index is 11.0. The number of aromatic nitrogens is 5. The Morgan fingerprint density at radius 3 is 2.68 bits per heavy atom. The third-order valence-corrected chi connectivity index (χ3v) is 2.52. The predicted octanol–water partition coefficient (Wildman–Crippen LogP) is 0.672. The van der Waals surface area contributed by atoms with Crippen LogP contribution in [0, 0.1) is 10.1 Å². The number of nitrogens with zero attached hydrogens (tertiary/aromatic N) is 6. The molecule has 0 unspecified atom stereocenters. The molecule has 0 fully saturated rings. The van der Waals surface area contributed by atoms with E-state index < -0.39 is 4.92 Å². The monoisotopic (exact) mass is 263 g/mol. The van der Waals surface area contributed by atoms with Gasteiger partial charge >= 0.3 is 5.69 Å². The first-order valence-corrected chi connectivity index (χ1v) is 5.78. The van der Waals surface area contributed by atoms with Gasteiger partial charge in [0.25, 0.3) is 0 Å². The van der Waals surface area contributed by atoms with Gasteiger partial charge in [-0.2, -0.15) is 9.67 Å². The minimum Gasteiger partial charge on any atom is -0.368 e. The van der Waals surface area contributed by atoms with E-state index in [2.05, 4.69) is 20.1 Å². The van der Waals surface area contributed by atoms with Crippen molar-refractivity contribution < 1.29 is 4.92 Å². The first-order chi connectivity index (χ1) is 9.06. The Morgan fingerprint density at radius 2 is 2.11 bits per heavy atom. The summed E-state index contributed by atoms with van der Waals surface area (Å²) in [7, 11) is 0. The van der Waals surface area contributed by atoms with Crippen LogP contribution in [0.4, 0.5) is 11.6 Å². The number of rotatable bonds is 4. The molecule has 2 heterocycles. The lowest BCUT2D eigenvalue weighted by atomic mass is 10.4. The molecule has 9 heteroatoms. The van der Waals surface area contributed by atoms with Crippen molar-refractivity contribution in [1.29, 1.82) is 0 Å². The summed E-state index contributed by atoms with van der Waals surface area (Å²) >= 11 is 0. The normalized spacial score (nSPS) is 10.6. The van der Waals surface area contributed by atoms with Crippen molar-refractivity contribution in [3.63, 3.8) is 0 Å². The van der Waals surface area contributed by atoms with Crippen LogP contribution < -0.4 is 5.73 Å². The molecule has 2 aromatic heterocycles. The number of nitrogens with two attached hydrogens (primary N) is 1. The van der Waals surface area contributed by atoms with Gasteiger partial charge in [-0.3, -0.25) is 10.1 Å². The summed E-state index contributed by atoms with van der Waals surface area (Å²) in [4.78, 5) is 22.3. The molecule has 0 aliphatic carbocycles. The van der Waals surface area contributed by atoms with Gasteiger partial charge in [0.05, 0.1) is 4.92 Å². The Kier molecular flexibility index (Phi) is 3.36. The minimum atomic E-state index is -0.568. The van der Waals surface area contributed by atoms with Gasteiger partial charge < -0.3 is 5.73 Å². The van der Waals surface area contributed by atoms with Gasteiger partial charge in [0.2, 0.25) is 11.8 Å². The lowest BCUT2D eigenvalue weighted by Crippen LogP contribution is -2.10. The SMILES string of the molecule is CCc1nc(CC)n(-c2nc(N)ncc2[N+](=O)[O-])n1. The molecule has 2 N–H and O–H groups in total. The van der Waals surface area contributed by atoms with Crippen molar-refractivity contribution in [2.75, 3.05) is 5.73 Å². The summed E-state index contributed by atoms with van der Waals surface area (Å²) in [5, 5.41) is 15.2. The number of anilines is 1. The van der Waals surface area contributed by atoms with Crippen LogP contribution in [-0.4, -0.2) is 29.7 Å². The Hall–Kier alpha value is -2.58. The zero-order valence-corrected chi connectivity index (χ0v) is 10.6. The maximum Gasteiger partial charge on any atom is 0.332 e. The van der Waals surface area contributed by atoms with E-state index in [0.29, 0.717) is 24.5 Å². The standard InChI is InChI=1S/C10H13N7O2/c1-3-7-13-8(4-2)16(15-7)9-6(17(18)19)5-12-10(11)14-9/h5H,3-4H2,1-2H3,(H2,11,12,14). The second-order valence-corrected chi connectivity index (χ2v) is 3.76. The average Bonchev–Trinajstić information content (AvgIpc) is 2.81. The number of nitrogen functional groups attached to an aromatic ring is 1. The molecule has 19 heavy (non-hydrogen) atoms. The van der Waals surface area contributed by atoms with E-state index >= 15 is 0 Å². The largest absolute Gasteiger partial charge is 0.368 e. The van der Waals surface area contributed by atoms with Gasteiger partial charge in [-0.15, -0.1) is 5.10 Å². The zero-order valence-electron chi connectivity index (χ0n) is 10.6. The number of aryl methyl sites for hydroxylation is 2. The quantitative estimate of drug-likeness (QED) is 0.634. The lowest BCUT2D eigenvalue weighted by molar-refractivity contribution is -0.385. The van der Waals surface area contributed by atoms with Gasteiger partial charge in [-0.25, -0.2) is 9.97 Å². The molecule has 0 saturated carbocycles. The van der Waals surface area contributed by atoms with Gasteiger partial charge in [-0.05, 0) is 0 Å². The van der Waals surface area contributed by atoms with E-state index in [4.69, 9.17) is 5.73 Å². The Bertz CT molecular complexity index is 622. The highest BCUT2D eigenvalue weighted by molar-refractivity contribution is 5.47. The third-order valence-electron chi connectivity index (χ3n) is 2.52. The molecule has 0 aliphatic heterocycles. The lowest BCUT2D eigenvalue weighted by Gasteiger charge is -2.04. The van der Waals surface area contributed by atoms with Crippen LogP contribution in [0.1, 0.15) is 25.5 Å². The molecule has 100 valence electrons. The summed E-state index contributed by atoms with van der Waals surface area (Å²) < 4.78 is 1.36. The molecule has 0 amide bonds. The highest BCUT2D eigenvalue weighted by atomic mass is 16.6. The highest BCUT2D eigenvalue weighted by Gasteiger charge is 2.22. The first kappa shape index (κ1) is 12.9. The third kappa shape index (κ3) is 2.34. The van der Waals surface area contributed by atoms with Crippen LogP contribution in [0.15, 0.2) is 6.20 Å². The van der Waals surface area contributed by atoms with Crippen molar-refractivity contribution in [2.24, 2.45) is 0 Å². The maximum atomic E-state index is 11.0. The highest BCUT2D eigenvalue weighted by Crippen LogP contribution is 2.21. The van der Waals surface area contributed by atoms with E-state index in [0.717, 1.165) is 6.20 Å². The fourth-order valence-corrected chi connectivity index (χ4v) is 1.60. The van der Waals surface area contributed by atoms with E-state index in [-0.39, 0.29) is 17.5 Å². The molecule has 9 nitrogen and oxygen atoms in total. The van der Waals surface area contributed by atoms with Crippen LogP contribution in [0.5, 0.6) is 0 Å². The van der Waals surface area contributed by atoms with Crippen LogP contribution >= 0.6 is 0 Å². The molecular formula is C10H13N7O2. The molecule has 2 rings (SSSR count).